The Hall–Kier alpha value is -1.96. The summed E-state index contributed by atoms with van der Waals surface area (Å²) < 4.78 is 40.1. The number of nitrogens with zero attached hydrogens (tertiary/aromatic N) is 3. The summed E-state index contributed by atoms with van der Waals surface area (Å²) in [7, 11) is 0. The Balaban J connectivity index is 1.63. The molecular formula is C19H20F3N3OS. The Morgan fingerprint density at radius 3 is 2.74 bits per heavy atom. The number of hydrogen-bond donors (Lipinski definition) is 0. The molecule has 4 rings (SSSR count). The van der Waals surface area contributed by atoms with E-state index in [0.29, 0.717) is 36.0 Å². The SMILES string of the molecule is C[C@@H]1C[C@@H]1C(=O)N1CCC[C@@H](c2nc(-c3cccs3)cc(C(F)(F)F)n2)C1. The topological polar surface area (TPSA) is 46.1 Å². The molecule has 2 aromatic rings. The fraction of sp³-hybridized carbons (Fsp3) is 0.526. The lowest BCUT2D eigenvalue weighted by atomic mass is 9.96. The molecule has 1 saturated carbocycles. The molecule has 8 heteroatoms. The molecule has 0 aromatic carbocycles. The third-order valence-electron chi connectivity index (χ3n) is 5.33. The zero-order chi connectivity index (χ0) is 19.2. The molecular weight excluding hydrogens is 375 g/mol. The van der Waals surface area contributed by atoms with Crippen molar-refractivity contribution < 1.29 is 18.0 Å². The molecule has 4 nitrogen and oxygen atoms in total. The van der Waals surface area contributed by atoms with Crippen LogP contribution < -0.4 is 0 Å². The molecule has 3 heterocycles. The van der Waals surface area contributed by atoms with Gasteiger partial charge in [-0.05, 0) is 42.7 Å². The first kappa shape index (κ1) is 18.4. The summed E-state index contributed by atoms with van der Waals surface area (Å²) in [6, 6.07) is 4.54. The molecule has 0 unspecified atom stereocenters. The molecule has 2 fully saturated rings. The first-order valence-corrected chi connectivity index (χ1v) is 9.99. The Labute approximate surface area is 159 Å². The van der Waals surface area contributed by atoms with Crippen LogP contribution in [0.15, 0.2) is 23.6 Å². The van der Waals surface area contributed by atoms with Crippen molar-refractivity contribution in [3.05, 3.63) is 35.1 Å². The molecule has 2 aromatic heterocycles. The van der Waals surface area contributed by atoms with Gasteiger partial charge in [-0.25, -0.2) is 9.97 Å². The summed E-state index contributed by atoms with van der Waals surface area (Å²) in [4.78, 5) is 23.3. The third kappa shape index (κ3) is 3.85. The molecule has 27 heavy (non-hydrogen) atoms. The summed E-state index contributed by atoms with van der Waals surface area (Å²) in [5.41, 5.74) is -0.628. The number of thiophene rings is 1. The molecule has 1 amide bonds. The number of likely N-dealkylation sites (tertiary alicyclic amines) is 1. The van der Waals surface area contributed by atoms with Crippen LogP contribution in [0.1, 0.15) is 43.6 Å². The number of halogens is 3. The number of hydrogen-bond acceptors (Lipinski definition) is 4. The van der Waals surface area contributed by atoms with Crippen LogP contribution >= 0.6 is 11.3 Å². The second kappa shape index (κ2) is 6.89. The molecule has 3 atom stereocenters. The fourth-order valence-corrected chi connectivity index (χ4v) is 4.32. The fourth-order valence-electron chi connectivity index (χ4n) is 3.63. The lowest BCUT2D eigenvalue weighted by molar-refractivity contribution is -0.141. The summed E-state index contributed by atoms with van der Waals surface area (Å²) in [6.07, 6.45) is -2.18. The van der Waals surface area contributed by atoms with Gasteiger partial charge in [0.05, 0.1) is 10.6 Å². The Morgan fingerprint density at radius 2 is 2.11 bits per heavy atom. The Morgan fingerprint density at radius 1 is 1.33 bits per heavy atom. The van der Waals surface area contributed by atoms with Gasteiger partial charge in [-0.1, -0.05) is 13.0 Å². The highest BCUT2D eigenvalue weighted by molar-refractivity contribution is 7.13. The zero-order valence-corrected chi connectivity index (χ0v) is 15.7. The number of amides is 1. The zero-order valence-electron chi connectivity index (χ0n) is 14.9. The second-order valence-electron chi connectivity index (χ2n) is 7.41. The van der Waals surface area contributed by atoms with Gasteiger partial charge in [0.2, 0.25) is 5.91 Å². The maximum Gasteiger partial charge on any atom is 0.433 e. The summed E-state index contributed by atoms with van der Waals surface area (Å²) in [5, 5.41) is 1.81. The number of aromatic nitrogens is 2. The molecule has 2 aliphatic rings. The van der Waals surface area contributed by atoms with Crippen molar-refractivity contribution in [1.29, 1.82) is 0 Å². The predicted molar refractivity (Wildman–Crippen MR) is 96.2 cm³/mol. The monoisotopic (exact) mass is 395 g/mol. The summed E-state index contributed by atoms with van der Waals surface area (Å²) >= 11 is 1.35. The van der Waals surface area contributed by atoms with E-state index in [1.807, 2.05) is 12.3 Å². The molecule has 1 aliphatic heterocycles. The van der Waals surface area contributed by atoms with Crippen LogP contribution in [0.4, 0.5) is 13.2 Å². The van der Waals surface area contributed by atoms with Crippen LogP contribution in [0.2, 0.25) is 0 Å². The van der Waals surface area contributed by atoms with E-state index in [9.17, 15) is 18.0 Å². The largest absolute Gasteiger partial charge is 0.433 e. The van der Waals surface area contributed by atoms with Crippen LogP contribution in [0, 0.1) is 11.8 Å². The van der Waals surface area contributed by atoms with Gasteiger partial charge in [0, 0.05) is 24.9 Å². The molecule has 0 bridgehead atoms. The minimum absolute atomic E-state index is 0.0767. The Bertz CT molecular complexity index is 837. The summed E-state index contributed by atoms with van der Waals surface area (Å²) in [6.45, 7) is 3.11. The van der Waals surface area contributed by atoms with Gasteiger partial charge in [-0.3, -0.25) is 4.79 Å². The number of alkyl halides is 3. The van der Waals surface area contributed by atoms with Crippen molar-refractivity contribution in [1.82, 2.24) is 14.9 Å². The van der Waals surface area contributed by atoms with Crippen molar-refractivity contribution in [2.45, 2.75) is 38.3 Å². The predicted octanol–water partition coefficient (Wildman–Crippen LogP) is 4.59. The maximum absolute atomic E-state index is 13.4. The van der Waals surface area contributed by atoms with E-state index in [4.69, 9.17) is 0 Å². The smallest absolute Gasteiger partial charge is 0.342 e. The van der Waals surface area contributed by atoms with E-state index in [2.05, 4.69) is 9.97 Å². The standard InChI is InChI=1S/C19H20F3N3OS/c1-11-8-13(11)18(26)25-6-2-4-12(10-25)17-23-14(15-5-3-7-27-15)9-16(24-17)19(20,21)22/h3,5,7,9,11-13H,2,4,6,8,10H2,1H3/t11-,12-,13+/m1/s1. The second-order valence-corrected chi connectivity index (χ2v) is 8.36. The van der Waals surface area contributed by atoms with Gasteiger partial charge in [0.15, 0.2) is 0 Å². The number of carbonyl (C=O) groups excluding carboxylic acids is 1. The van der Waals surface area contributed by atoms with Gasteiger partial charge in [-0.2, -0.15) is 13.2 Å². The van der Waals surface area contributed by atoms with Gasteiger partial charge >= 0.3 is 6.18 Å². The van der Waals surface area contributed by atoms with Gasteiger partial charge in [0.25, 0.3) is 0 Å². The first-order chi connectivity index (χ1) is 12.8. The maximum atomic E-state index is 13.4. The quantitative estimate of drug-likeness (QED) is 0.764. The van der Waals surface area contributed by atoms with Crippen molar-refractivity contribution in [3.8, 4) is 10.6 Å². The van der Waals surface area contributed by atoms with Crippen LogP contribution in [-0.2, 0) is 11.0 Å². The summed E-state index contributed by atoms with van der Waals surface area (Å²) in [5.74, 6) is 0.533. The van der Waals surface area contributed by atoms with E-state index < -0.39 is 11.9 Å². The van der Waals surface area contributed by atoms with Gasteiger partial charge in [0.1, 0.15) is 11.5 Å². The van der Waals surface area contributed by atoms with Crippen molar-refractivity contribution in [2.75, 3.05) is 13.1 Å². The van der Waals surface area contributed by atoms with E-state index >= 15 is 0 Å². The first-order valence-electron chi connectivity index (χ1n) is 9.12. The number of rotatable bonds is 3. The molecule has 0 radical (unpaired) electrons. The normalized spacial score (nSPS) is 25.5. The molecule has 144 valence electrons. The molecule has 0 N–H and O–H groups in total. The average Bonchev–Trinajstić information content (AvgIpc) is 3.14. The lowest BCUT2D eigenvalue weighted by Gasteiger charge is -2.32. The number of carbonyl (C=O) groups is 1. The van der Waals surface area contributed by atoms with Crippen LogP contribution in [0.5, 0.6) is 0 Å². The average molecular weight is 395 g/mol. The molecule has 1 saturated heterocycles. The third-order valence-corrected chi connectivity index (χ3v) is 6.22. The van der Waals surface area contributed by atoms with E-state index in [-0.39, 0.29) is 23.6 Å². The van der Waals surface area contributed by atoms with E-state index in [1.54, 1.807) is 17.0 Å². The van der Waals surface area contributed by atoms with Crippen molar-refractivity contribution >= 4 is 17.2 Å². The van der Waals surface area contributed by atoms with Crippen LogP contribution in [0.25, 0.3) is 10.6 Å². The van der Waals surface area contributed by atoms with Crippen LogP contribution in [-0.4, -0.2) is 33.9 Å². The molecule has 1 aliphatic carbocycles. The van der Waals surface area contributed by atoms with E-state index in [0.717, 1.165) is 18.9 Å². The minimum atomic E-state index is -4.53. The van der Waals surface area contributed by atoms with Crippen molar-refractivity contribution in [3.63, 3.8) is 0 Å². The lowest BCUT2D eigenvalue weighted by Crippen LogP contribution is -2.40. The van der Waals surface area contributed by atoms with Crippen molar-refractivity contribution in [2.24, 2.45) is 11.8 Å². The Kier molecular flexibility index (Phi) is 4.70. The highest BCUT2D eigenvalue weighted by atomic mass is 32.1. The number of piperidine rings is 1. The minimum Gasteiger partial charge on any atom is -0.342 e. The van der Waals surface area contributed by atoms with Crippen LogP contribution in [0.3, 0.4) is 0 Å². The molecule has 0 spiro atoms. The van der Waals surface area contributed by atoms with Gasteiger partial charge in [-0.15, -0.1) is 11.3 Å². The highest BCUT2D eigenvalue weighted by Crippen LogP contribution is 2.40. The van der Waals surface area contributed by atoms with E-state index in [1.165, 1.54) is 11.3 Å². The van der Waals surface area contributed by atoms with Gasteiger partial charge < -0.3 is 4.90 Å². The highest BCUT2D eigenvalue weighted by Gasteiger charge is 2.43.